The minimum Gasteiger partial charge on any atom is -0.376 e. The number of anilines is 1. The third-order valence-corrected chi connectivity index (χ3v) is 2.96. The highest BCUT2D eigenvalue weighted by Gasteiger charge is 2.02. The zero-order chi connectivity index (χ0) is 13.8. The molecule has 0 aliphatic rings. The Balaban J connectivity index is 2.21. The molecule has 1 heterocycles. The van der Waals surface area contributed by atoms with Gasteiger partial charge in [0.15, 0.2) is 0 Å². The monoisotopic (exact) mass is 258 g/mol. The summed E-state index contributed by atoms with van der Waals surface area (Å²) in [4.78, 5) is 13.8. The first-order chi connectivity index (χ1) is 9.10. The zero-order valence-electron chi connectivity index (χ0n) is 11.2. The number of aromatic nitrogens is 2. The molecule has 5 heteroatoms. The van der Waals surface area contributed by atoms with Crippen molar-refractivity contribution in [2.75, 3.05) is 19.0 Å². The van der Waals surface area contributed by atoms with Crippen LogP contribution in [-0.2, 0) is 13.1 Å². The van der Waals surface area contributed by atoms with E-state index in [1.54, 1.807) is 12.3 Å². The molecule has 100 valence electrons. The second kappa shape index (κ2) is 5.67. The van der Waals surface area contributed by atoms with Gasteiger partial charge >= 0.3 is 0 Å². The second-order valence-electron chi connectivity index (χ2n) is 4.62. The lowest BCUT2D eigenvalue weighted by Crippen LogP contribution is -2.24. The first kappa shape index (κ1) is 13.3. The van der Waals surface area contributed by atoms with Crippen LogP contribution in [0.1, 0.15) is 11.1 Å². The van der Waals surface area contributed by atoms with Crippen molar-refractivity contribution in [2.24, 2.45) is 5.73 Å². The van der Waals surface area contributed by atoms with E-state index in [1.165, 1.54) is 4.68 Å². The third kappa shape index (κ3) is 3.20. The van der Waals surface area contributed by atoms with Gasteiger partial charge in [0.25, 0.3) is 5.56 Å². The van der Waals surface area contributed by atoms with Gasteiger partial charge < -0.3 is 10.6 Å². The summed E-state index contributed by atoms with van der Waals surface area (Å²) in [5.74, 6) is 0. The van der Waals surface area contributed by atoms with Crippen molar-refractivity contribution in [3.8, 4) is 0 Å². The first-order valence-electron chi connectivity index (χ1n) is 6.12. The average Bonchev–Trinajstić information content (AvgIpc) is 2.41. The highest BCUT2D eigenvalue weighted by Crippen LogP contribution is 2.06. The van der Waals surface area contributed by atoms with E-state index < -0.39 is 0 Å². The van der Waals surface area contributed by atoms with Gasteiger partial charge in [0, 0.05) is 26.7 Å². The van der Waals surface area contributed by atoms with Crippen LogP contribution < -0.4 is 16.2 Å². The van der Waals surface area contributed by atoms with Crippen LogP contribution in [0.3, 0.4) is 0 Å². The van der Waals surface area contributed by atoms with E-state index in [2.05, 4.69) is 5.10 Å². The molecule has 0 aliphatic heterocycles. The first-order valence-corrected chi connectivity index (χ1v) is 6.12. The summed E-state index contributed by atoms with van der Waals surface area (Å²) >= 11 is 0. The summed E-state index contributed by atoms with van der Waals surface area (Å²) < 4.78 is 1.45. The van der Waals surface area contributed by atoms with Gasteiger partial charge in [-0.25, -0.2) is 4.68 Å². The summed E-state index contributed by atoms with van der Waals surface area (Å²) in [5, 5.41) is 4.18. The number of rotatable bonds is 4. The van der Waals surface area contributed by atoms with Crippen molar-refractivity contribution in [2.45, 2.75) is 13.1 Å². The molecule has 0 fully saturated rings. The van der Waals surface area contributed by atoms with Gasteiger partial charge in [-0.2, -0.15) is 5.10 Å². The van der Waals surface area contributed by atoms with Gasteiger partial charge in [0.05, 0.1) is 18.4 Å². The Hall–Kier alpha value is -2.14. The summed E-state index contributed by atoms with van der Waals surface area (Å²) in [6.45, 7) is 0.993. The predicted molar refractivity (Wildman–Crippen MR) is 76.3 cm³/mol. The van der Waals surface area contributed by atoms with E-state index in [0.717, 1.165) is 16.8 Å². The van der Waals surface area contributed by atoms with Crippen LogP contribution in [0.25, 0.3) is 0 Å². The maximum Gasteiger partial charge on any atom is 0.269 e. The van der Waals surface area contributed by atoms with Crippen LogP contribution in [0.5, 0.6) is 0 Å². The lowest BCUT2D eigenvalue weighted by molar-refractivity contribution is 0.638. The predicted octanol–water partition coefficient (Wildman–Crippen LogP) is 0.816. The Labute approximate surface area is 112 Å². The molecule has 0 bridgehead atoms. The Kier molecular flexibility index (Phi) is 3.97. The number of benzene rings is 1. The largest absolute Gasteiger partial charge is 0.376 e. The molecular formula is C14H18N4O. The molecule has 2 N–H and O–H groups in total. The molecule has 2 aromatic rings. The molecule has 0 radical (unpaired) electrons. The van der Waals surface area contributed by atoms with Gasteiger partial charge in [0.2, 0.25) is 0 Å². The lowest BCUT2D eigenvalue weighted by atomic mass is 10.1. The maximum atomic E-state index is 11.9. The van der Waals surface area contributed by atoms with Gasteiger partial charge in [-0.05, 0) is 11.1 Å². The normalized spacial score (nSPS) is 10.5. The van der Waals surface area contributed by atoms with E-state index in [-0.39, 0.29) is 5.56 Å². The van der Waals surface area contributed by atoms with Gasteiger partial charge in [-0.3, -0.25) is 4.79 Å². The van der Waals surface area contributed by atoms with Crippen molar-refractivity contribution in [3.63, 3.8) is 0 Å². The van der Waals surface area contributed by atoms with Crippen LogP contribution in [0.4, 0.5) is 5.69 Å². The van der Waals surface area contributed by atoms with E-state index in [1.807, 2.05) is 43.3 Å². The smallest absolute Gasteiger partial charge is 0.269 e. The number of nitrogens with two attached hydrogens (primary N) is 1. The molecule has 1 aromatic heterocycles. The standard InChI is InChI=1S/C14H18N4O/c1-17(2)13-7-14(19)18(16-9-13)10-12-5-3-11(8-15)4-6-12/h3-7,9H,8,10,15H2,1-2H3. The molecule has 2 rings (SSSR count). The SMILES string of the molecule is CN(C)c1cnn(Cc2ccc(CN)cc2)c(=O)c1. The van der Waals surface area contributed by atoms with E-state index in [4.69, 9.17) is 5.73 Å². The van der Waals surface area contributed by atoms with Crippen molar-refractivity contribution in [1.29, 1.82) is 0 Å². The van der Waals surface area contributed by atoms with Gasteiger partial charge in [0.1, 0.15) is 0 Å². The molecule has 19 heavy (non-hydrogen) atoms. The maximum absolute atomic E-state index is 11.9. The van der Waals surface area contributed by atoms with E-state index in [0.29, 0.717) is 13.1 Å². The fourth-order valence-electron chi connectivity index (χ4n) is 1.74. The highest BCUT2D eigenvalue weighted by atomic mass is 16.1. The average molecular weight is 258 g/mol. The molecule has 0 aliphatic carbocycles. The summed E-state index contributed by atoms with van der Waals surface area (Å²) in [5.41, 5.74) is 8.36. The minimum absolute atomic E-state index is 0.103. The van der Waals surface area contributed by atoms with Gasteiger partial charge in [-0.15, -0.1) is 0 Å². The van der Waals surface area contributed by atoms with Crippen molar-refractivity contribution in [1.82, 2.24) is 9.78 Å². The Morgan fingerprint density at radius 3 is 2.37 bits per heavy atom. The van der Waals surface area contributed by atoms with Crippen molar-refractivity contribution >= 4 is 5.69 Å². The van der Waals surface area contributed by atoms with E-state index >= 15 is 0 Å². The molecule has 1 aromatic carbocycles. The quantitative estimate of drug-likeness (QED) is 0.881. The molecule has 0 saturated heterocycles. The number of hydrogen-bond acceptors (Lipinski definition) is 4. The zero-order valence-corrected chi connectivity index (χ0v) is 11.2. The lowest BCUT2D eigenvalue weighted by Gasteiger charge is -2.12. The molecule has 0 atom stereocenters. The van der Waals surface area contributed by atoms with Crippen LogP contribution in [-0.4, -0.2) is 23.9 Å². The third-order valence-electron chi connectivity index (χ3n) is 2.96. The minimum atomic E-state index is -0.103. The fourth-order valence-corrected chi connectivity index (χ4v) is 1.74. The summed E-state index contributed by atoms with van der Waals surface area (Å²) in [6.07, 6.45) is 1.69. The summed E-state index contributed by atoms with van der Waals surface area (Å²) in [6, 6.07) is 9.46. The number of nitrogens with zero attached hydrogens (tertiary/aromatic N) is 3. The van der Waals surface area contributed by atoms with Crippen molar-refractivity contribution < 1.29 is 0 Å². The Morgan fingerprint density at radius 1 is 1.21 bits per heavy atom. The molecule has 5 nitrogen and oxygen atoms in total. The highest BCUT2D eigenvalue weighted by molar-refractivity contribution is 5.40. The molecule has 0 spiro atoms. The molecule has 0 unspecified atom stereocenters. The van der Waals surface area contributed by atoms with Gasteiger partial charge in [-0.1, -0.05) is 24.3 Å². The Morgan fingerprint density at radius 2 is 1.84 bits per heavy atom. The van der Waals surface area contributed by atoms with Crippen LogP contribution in [0, 0.1) is 0 Å². The molecular weight excluding hydrogens is 240 g/mol. The Bertz CT molecular complexity index is 602. The van der Waals surface area contributed by atoms with Crippen LogP contribution >= 0.6 is 0 Å². The second-order valence-corrected chi connectivity index (χ2v) is 4.62. The molecule has 0 saturated carbocycles. The van der Waals surface area contributed by atoms with Crippen molar-refractivity contribution in [3.05, 3.63) is 58.0 Å². The van der Waals surface area contributed by atoms with Crippen LogP contribution in [0.15, 0.2) is 41.3 Å². The topological polar surface area (TPSA) is 64.2 Å². The fraction of sp³-hybridized carbons (Fsp3) is 0.286. The number of hydrogen-bond donors (Lipinski definition) is 1. The summed E-state index contributed by atoms with van der Waals surface area (Å²) in [7, 11) is 3.76. The molecule has 0 amide bonds. The van der Waals surface area contributed by atoms with E-state index in [9.17, 15) is 4.79 Å². The van der Waals surface area contributed by atoms with Crippen LogP contribution in [0.2, 0.25) is 0 Å².